The maximum absolute atomic E-state index is 10.8. The van der Waals surface area contributed by atoms with Crippen molar-refractivity contribution < 1.29 is 14.3 Å². The molecule has 0 aliphatic heterocycles. The van der Waals surface area contributed by atoms with Crippen LogP contribution in [-0.4, -0.2) is 37.8 Å². The quantitative estimate of drug-likeness (QED) is 0.541. The van der Waals surface area contributed by atoms with Crippen molar-refractivity contribution in [1.82, 2.24) is 4.57 Å². The van der Waals surface area contributed by atoms with Gasteiger partial charge in [0.25, 0.3) is 0 Å². The predicted molar refractivity (Wildman–Crippen MR) is 74.6 cm³/mol. The van der Waals surface area contributed by atoms with Crippen LogP contribution < -0.4 is 0 Å². The number of ether oxygens (including phenoxy) is 2. The fourth-order valence-corrected chi connectivity index (χ4v) is 2.04. The molecule has 1 aromatic heterocycles. The van der Waals surface area contributed by atoms with Gasteiger partial charge in [0, 0.05) is 44.1 Å². The molecule has 1 heterocycles. The third kappa shape index (κ3) is 3.66. The van der Waals surface area contributed by atoms with E-state index in [1.165, 1.54) is 0 Å². The first-order chi connectivity index (χ1) is 9.35. The summed E-state index contributed by atoms with van der Waals surface area (Å²) < 4.78 is 12.6. The number of nitrogens with zero attached hydrogens (tertiary/aromatic N) is 1. The molecule has 0 amide bonds. The molecule has 0 saturated carbocycles. The smallest absolute Gasteiger partial charge is 0.150 e. The minimum atomic E-state index is 0.665. The molecule has 0 atom stereocenters. The molecule has 0 fully saturated rings. The van der Waals surface area contributed by atoms with Gasteiger partial charge in [0.05, 0.1) is 6.61 Å². The Hall–Kier alpha value is -1.65. The standard InChI is InChI=1S/C15H19NO3/c1-18-8-2-9-19-10-7-16-6-5-14-4-3-13(12-17)11-15(14)16/h3-6,11-12H,2,7-10H2,1H3. The largest absolute Gasteiger partial charge is 0.385 e. The van der Waals surface area contributed by atoms with Crippen molar-refractivity contribution in [3.8, 4) is 0 Å². The Balaban J connectivity index is 1.91. The van der Waals surface area contributed by atoms with E-state index in [4.69, 9.17) is 9.47 Å². The summed E-state index contributed by atoms with van der Waals surface area (Å²) in [6.07, 6.45) is 3.81. The van der Waals surface area contributed by atoms with Crippen molar-refractivity contribution in [3.63, 3.8) is 0 Å². The molecule has 2 aromatic rings. The molecule has 0 aliphatic rings. The second kappa shape index (κ2) is 7.07. The summed E-state index contributed by atoms with van der Waals surface area (Å²) in [6.45, 7) is 2.90. The van der Waals surface area contributed by atoms with Crippen LogP contribution in [0.3, 0.4) is 0 Å². The van der Waals surface area contributed by atoms with Gasteiger partial charge in [-0.2, -0.15) is 0 Å². The highest BCUT2D eigenvalue weighted by atomic mass is 16.5. The zero-order valence-corrected chi connectivity index (χ0v) is 11.2. The Morgan fingerprint density at radius 1 is 1.21 bits per heavy atom. The van der Waals surface area contributed by atoms with Crippen molar-refractivity contribution >= 4 is 17.2 Å². The molecule has 0 bridgehead atoms. The molecule has 0 spiro atoms. The van der Waals surface area contributed by atoms with Crippen LogP contribution >= 0.6 is 0 Å². The van der Waals surface area contributed by atoms with Gasteiger partial charge in [-0.3, -0.25) is 4.79 Å². The number of benzene rings is 1. The minimum absolute atomic E-state index is 0.665. The van der Waals surface area contributed by atoms with Crippen LogP contribution in [0.4, 0.5) is 0 Å². The normalized spacial score (nSPS) is 11.0. The lowest BCUT2D eigenvalue weighted by molar-refractivity contribution is 0.0982. The van der Waals surface area contributed by atoms with Crippen LogP contribution in [-0.2, 0) is 16.0 Å². The van der Waals surface area contributed by atoms with Gasteiger partial charge in [-0.1, -0.05) is 12.1 Å². The van der Waals surface area contributed by atoms with Gasteiger partial charge in [0.1, 0.15) is 6.29 Å². The number of carbonyl (C=O) groups is 1. The number of aromatic nitrogens is 1. The Kier molecular flexibility index (Phi) is 5.12. The molecule has 0 saturated heterocycles. The first-order valence-electron chi connectivity index (χ1n) is 6.46. The second-order valence-electron chi connectivity index (χ2n) is 4.40. The van der Waals surface area contributed by atoms with E-state index in [1.54, 1.807) is 7.11 Å². The van der Waals surface area contributed by atoms with Crippen LogP contribution in [0.15, 0.2) is 30.5 Å². The number of methoxy groups -OCH3 is 1. The number of hydrogen-bond donors (Lipinski definition) is 0. The van der Waals surface area contributed by atoms with E-state index in [0.29, 0.717) is 18.8 Å². The van der Waals surface area contributed by atoms with Crippen molar-refractivity contribution in [2.24, 2.45) is 0 Å². The van der Waals surface area contributed by atoms with E-state index in [1.807, 2.05) is 24.4 Å². The number of rotatable bonds is 8. The molecule has 1 aromatic carbocycles. The van der Waals surface area contributed by atoms with Gasteiger partial charge in [-0.15, -0.1) is 0 Å². The van der Waals surface area contributed by atoms with Crippen LogP contribution in [0.25, 0.3) is 10.9 Å². The van der Waals surface area contributed by atoms with E-state index in [2.05, 4.69) is 10.6 Å². The lowest BCUT2D eigenvalue weighted by Crippen LogP contribution is -2.07. The van der Waals surface area contributed by atoms with Crippen LogP contribution in [0.5, 0.6) is 0 Å². The number of aldehydes is 1. The van der Waals surface area contributed by atoms with Crippen molar-refractivity contribution in [2.75, 3.05) is 26.9 Å². The Morgan fingerprint density at radius 2 is 2.11 bits per heavy atom. The van der Waals surface area contributed by atoms with Crippen molar-refractivity contribution in [2.45, 2.75) is 13.0 Å². The molecular formula is C15H19NO3. The monoisotopic (exact) mass is 261 g/mol. The van der Waals surface area contributed by atoms with E-state index in [0.717, 1.165) is 36.8 Å². The fraction of sp³-hybridized carbons (Fsp3) is 0.400. The lowest BCUT2D eigenvalue weighted by atomic mass is 10.2. The Bertz CT molecular complexity index is 533. The summed E-state index contributed by atoms with van der Waals surface area (Å²) >= 11 is 0. The third-order valence-corrected chi connectivity index (χ3v) is 3.05. The van der Waals surface area contributed by atoms with Crippen LogP contribution in [0.1, 0.15) is 16.8 Å². The molecule has 102 valence electrons. The SMILES string of the molecule is COCCCOCCn1ccc2ccc(C=O)cc21. The number of hydrogen-bond acceptors (Lipinski definition) is 3. The van der Waals surface area contributed by atoms with Gasteiger partial charge < -0.3 is 14.0 Å². The van der Waals surface area contributed by atoms with E-state index < -0.39 is 0 Å². The maximum Gasteiger partial charge on any atom is 0.150 e. The number of carbonyl (C=O) groups excluding carboxylic acids is 1. The predicted octanol–water partition coefficient (Wildman–Crippen LogP) is 2.51. The summed E-state index contributed by atoms with van der Waals surface area (Å²) in [5, 5.41) is 1.14. The van der Waals surface area contributed by atoms with Gasteiger partial charge in [0.2, 0.25) is 0 Å². The average Bonchev–Trinajstić information content (AvgIpc) is 2.85. The molecule has 19 heavy (non-hydrogen) atoms. The zero-order chi connectivity index (χ0) is 13.5. The highest BCUT2D eigenvalue weighted by Gasteiger charge is 2.02. The zero-order valence-electron chi connectivity index (χ0n) is 11.2. The van der Waals surface area contributed by atoms with Crippen molar-refractivity contribution in [1.29, 1.82) is 0 Å². The molecule has 0 N–H and O–H groups in total. The summed E-state index contributed by atoms with van der Waals surface area (Å²) in [7, 11) is 1.69. The molecule has 0 radical (unpaired) electrons. The maximum atomic E-state index is 10.8. The summed E-state index contributed by atoms with van der Waals surface area (Å²) in [6, 6.07) is 7.76. The molecule has 2 rings (SSSR count). The molecule has 0 aliphatic carbocycles. The summed E-state index contributed by atoms with van der Waals surface area (Å²) in [5.74, 6) is 0. The molecular weight excluding hydrogens is 242 g/mol. The molecule has 0 unspecified atom stereocenters. The average molecular weight is 261 g/mol. The highest BCUT2D eigenvalue weighted by molar-refractivity contribution is 5.87. The third-order valence-electron chi connectivity index (χ3n) is 3.05. The van der Waals surface area contributed by atoms with Gasteiger partial charge in [-0.25, -0.2) is 0 Å². The fourth-order valence-electron chi connectivity index (χ4n) is 2.04. The lowest BCUT2D eigenvalue weighted by Gasteiger charge is -2.07. The Morgan fingerprint density at radius 3 is 2.89 bits per heavy atom. The summed E-state index contributed by atoms with van der Waals surface area (Å²) in [5.41, 5.74) is 1.78. The minimum Gasteiger partial charge on any atom is -0.385 e. The number of fused-ring (bicyclic) bond motifs is 1. The highest BCUT2D eigenvalue weighted by Crippen LogP contribution is 2.16. The van der Waals surface area contributed by atoms with E-state index >= 15 is 0 Å². The molecule has 4 heteroatoms. The van der Waals surface area contributed by atoms with Gasteiger partial charge >= 0.3 is 0 Å². The van der Waals surface area contributed by atoms with Crippen LogP contribution in [0, 0.1) is 0 Å². The van der Waals surface area contributed by atoms with Gasteiger partial charge in [-0.05, 0) is 23.9 Å². The first-order valence-corrected chi connectivity index (χ1v) is 6.46. The van der Waals surface area contributed by atoms with E-state index in [9.17, 15) is 4.79 Å². The van der Waals surface area contributed by atoms with Crippen LogP contribution in [0.2, 0.25) is 0 Å². The topological polar surface area (TPSA) is 40.5 Å². The Labute approximate surface area is 112 Å². The van der Waals surface area contributed by atoms with Crippen molar-refractivity contribution in [3.05, 3.63) is 36.0 Å². The second-order valence-corrected chi connectivity index (χ2v) is 4.40. The first kappa shape index (κ1) is 13.8. The van der Waals surface area contributed by atoms with Gasteiger partial charge in [0.15, 0.2) is 0 Å². The summed E-state index contributed by atoms with van der Waals surface area (Å²) in [4.78, 5) is 10.8. The molecule has 4 nitrogen and oxygen atoms in total. The van der Waals surface area contributed by atoms with E-state index in [-0.39, 0.29) is 0 Å².